The molecule has 2 N–H and O–H groups in total. The molecular weight excluding hydrogens is 334 g/mol. The van der Waals surface area contributed by atoms with Crippen molar-refractivity contribution < 1.29 is 14.0 Å². The standard InChI is InChI=1S/C18H15N5O3/c19-11-13-5-1-2-6-14(13)22-18(25)17(24)20-12-15(16-7-3-10-26-16)23-9-4-8-21-23/h1-10,15H,12H2,(H,20,24)(H,22,25). The van der Waals surface area contributed by atoms with Crippen LogP contribution in [0.2, 0.25) is 0 Å². The molecule has 2 heterocycles. The van der Waals surface area contributed by atoms with Gasteiger partial charge in [-0.15, -0.1) is 0 Å². The first-order valence-electron chi connectivity index (χ1n) is 7.80. The number of amides is 2. The highest BCUT2D eigenvalue weighted by Gasteiger charge is 2.21. The Morgan fingerprint density at radius 1 is 1.19 bits per heavy atom. The molecule has 1 atom stereocenters. The van der Waals surface area contributed by atoms with Crippen LogP contribution in [0.25, 0.3) is 0 Å². The van der Waals surface area contributed by atoms with Crippen molar-refractivity contribution in [2.24, 2.45) is 0 Å². The number of anilines is 1. The first kappa shape index (κ1) is 17.0. The van der Waals surface area contributed by atoms with Crippen LogP contribution >= 0.6 is 0 Å². The average Bonchev–Trinajstić information content (AvgIpc) is 3.36. The summed E-state index contributed by atoms with van der Waals surface area (Å²) in [6.07, 6.45) is 4.88. The van der Waals surface area contributed by atoms with Crippen molar-refractivity contribution in [2.45, 2.75) is 6.04 Å². The molecule has 0 radical (unpaired) electrons. The predicted octanol–water partition coefficient (Wildman–Crippen LogP) is 1.69. The molecule has 3 aromatic rings. The second-order valence-corrected chi connectivity index (χ2v) is 5.34. The summed E-state index contributed by atoms with van der Waals surface area (Å²) in [5, 5.41) is 18.2. The summed E-state index contributed by atoms with van der Waals surface area (Å²) < 4.78 is 7.02. The number of carbonyl (C=O) groups is 2. The van der Waals surface area contributed by atoms with Crippen molar-refractivity contribution in [2.75, 3.05) is 11.9 Å². The number of benzene rings is 1. The number of nitrogens with zero attached hydrogens (tertiary/aromatic N) is 3. The van der Waals surface area contributed by atoms with Crippen LogP contribution in [0.1, 0.15) is 17.4 Å². The highest BCUT2D eigenvalue weighted by Crippen LogP contribution is 2.17. The zero-order valence-corrected chi connectivity index (χ0v) is 13.6. The Morgan fingerprint density at radius 3 is 2.73 bits per heavy atom. The summed E-state index contributed by atoms with van der Waals surface area (Å²) in [7, 11) is 0. The molecule has 0 aliphatic rings. The maximum Gasteiger partial charge on any atom is 0.313 e. The lowest BCUT2D eigenvalue weighted by molar-refractivity contribution is -0.136. The van der Waals surface area contributed by atoms with Crippen molar-refractivity contribution in [1.29, 1.82) is 5.26 Å². The highest BCUT2D eigenvalue weighted by molar-refractivity contribution is 6.39. The summed E-state index contributed by atoms with van der Waals surface area (Å²) in [5.41, 5.74) is 0.559. The van der Waals surface area contributed by atoms with Gasteiger partial charge in [0.2, 0.25) is 0 Å². The van der Waals surface area contributed by atoms with Crippen LogP contribution in [0.3, 0.4) is 0 Å². The Morgan fingerprint density at radius 2 is 2.04 bits per heavy atom. The van der Waals surface area contributed by atoms with Gasteiger partial charge < -0.3 is 15.1 Å². The minimum absolute atomic E-state index is 0.112. The highest BCUT2D eigenvalue weighted by atomic mass is 16.3. The molecule has 0 fully saturated rings. The summed E-state index contributed by atoms with van der Waals surface area (Å²) in [5.74, 6) is -1.07. The van der Waals surface area contributed by atoms with Crippen LogP contribution in [-0.2, 0) is 9.59 Å². The number of carbonyl (C=O) groups excluding carboxylic acids is 2. The fraction of sp³-hybridized carbons (Fsp3) is 0.111. The van der Waals surface area contributed by atoms with Crippen molar-refractivity contribution in [3.05, 3.63) is 72.4 Å². The number of nitrogens with one attached hydrogen (secondary N) is 2. The maximum absolute atomic E-state index is 12.1. The molecule has 26 heavy (non-hydrogen) atoms. The van der Waals surface area contributed by atoms with Crippen LogP contribution in [0.15, 0.2) is 65.5 Å². The van der Waals surface area contributed by atoms with Gasteiger partial charge in [-0.1, -0.05) is 12.1 Å². The molecule has 0 aliphatic heterocycles. The summed E-state index contributed by atoms with van der Waals surface area (Å²) in [4.78, 5) is 24.2. The Bertz CT molecular complexity index is 892. The minimum Gasteiger partial charge on any atom is -0.467 e. The van der Waals surface area contributed by atoms with Gasteiger partial charge in [0.15, 0.2) is 0 Å². The third-order valence-corrected chi connectivity index (χ3v) is 3.67. The molecule has 1 aromatic carbocycles. The fourth-order valence-electron chi connectivity index (χ4n) is 2.41. The zero-order chi connectivity index (χ0) is 18.4. The molecule has 8 nitrogen and oxygen atoms in total. The molecule has 130 valence electrons. The second kappa shape index (κ2) is 7.81. The predicted molar refractivity (Wildman–Crippen MR) is 91.9 cm³/mol. The lowest BCUT2D eigenvalue weighted by atomic mass is 10.2. The van der Waals surface area contributed by atoms with E-state index in [2.05, 4.69) is 15.7 Å². The van der Waals surface area contributed by atoms with E-state index in [1.165, 1.54) is 6.26 Å². The Balaban J connectivity index is 1.65. The molecule has 0 saturated carbocycles. The molecule has 3 rings (SSSR count). The molecule has 2 amide bonds. The van der Waals surface area contributed by atoms with E-state index in [0.29, 0.717) is 5.76 Å². The number of hydrogen-bond acceptors (Lipinski definition) is 5. The first-order chi connectivity index (χ1) is 12.7. The summed E-state index contributed by atoms with van der Waals surface area (Å²) in [6.45, 7) is 0.112. The van der Waals surface area contributed by atoms with E-state index < -0.39 is 11.8 Å². The Labute approximate surface area is 149 Å². The summed E-state index contributed by atoms with van der Waals surface area (Å²) >= 11 is 0. The Kier molecular flexibility index (Phi) is 5.10. The molecule has 1 unspecified atom stereocenters. The molecule has 0 saturated heterocycles. The van der Waals surface area contributed by atoms with E-state index >= 15 is 0 Å². The van der Waals surface area contributed by atoms with E-state index in [0.717, 1.165) is 0 Å². The average molecular weight is 349 g/mol. The van der Waals surface area contributed by atoms with E-state index in [1.807, 2.05) is 6.07 Å². The molecule has 0 aliphatic carbocycles. The third-order valence-electron chi connectivity index (χ3n) is 3.67. The van der Waals surface area contributed by atoms with E-state index in [9.17, 15) is 9.59 Å². The van der Waals surface area contributed by atoms with E-state index in [1.54, 1.807) is 59.5 Å². The van der Waals surface area contributed by atoms with Crippen molar-refractivity contribution in [1.82, 2.24) is 15.1 Å². The van der Waals surface area contributed by atoms with Crippen LogP contribution in [0, 0.1) is 11.3 Å². The van der Waals surface area contributed by atoms with Crippen LogP contribution in [0.4, 0.5) is 5.69 Å². The largest absolute Gasteiger partial charge is 0.467 e. The molecule has 0 bridgehead atoms. The van der Waals surface area contributed by atoms with Gasteiger partial charge in [-0.25, -0.2) is 0 Å². The smallest absolute Gasteiger partial charge is 0.313 e. The molecular formula is C18H15N5O3. The second-order valence-electron chi connectivity index (χ2n) is 5.34. The van der Waals surface area contributed by atoms with Crippen LogP contribution < -0.4 is 10.6 Å². The van der Waals surface area contributed by atoms with Gasteiger partial charge >= 0.3 is 11.8 Å². The maximum atomic E-state index is 12.1. The van der Waals surface area contributed by atoms with Gasteiger partial charge in [-0.2, -0.15) is 10.4 Å². The SMILES string of the molecule is N#Cc1ccccc1NC(=O)C(=O)NCC(c1ccco1)n1cccn1. The van der Waals surface area contributed by atoms with Crippen LogP contribution in [0.5, 0.6) is 0 Å². The van der Waals surface area contributed by atoms with Gasteiger partial charge in [-0.3, -0.25) is 14.3 Å². The number of hydrogen-bond donors (Lipinski definition) is 2. The zero-order valence-electron chi connectivity index (χ0n) is 13.6. The minimum atomic E-state index is -0.855. The number of aromatic nitrogens is 2. The quantitative estimate of drug-likeness (QED) is 0.681. The van der Waals surface area contributed by atoms with Crippen molar-refractivity contribution in [3.63, 3.8) is 0 Å². The monoisotopic (exact) mass is 349 g/mol. The van der Waals surface area contributed by atoms with Crippen LogP contribution in [-0.4, -0.2) is 28.1 Å². The Hall–Kier alpha value is -3.86. The van der Waals surface area contributed by atoms with Gasteiger partial charge in [-0.05, 0) is 30.3 Å². The molecule has 8 heteroatoms. The number of para-hydroxylation sites is 1. The van der Waals surface area contributed by atoms with E-state index in [-0.39, 0.29) is 23.8 Å². The molecule has 2 aromatic heterocycles. The lowest BCUT2D eigenvalue weighted by Gasteiger charge is -2.16. The van der Waals surface area contributed by atoms with Crippen molar-refractivity contribution in [3.8, 4) is 6.07 Å². The van der Waals surface area contributed by atoms with Gasteiger partial charge in [0.05, 0.1) is 17.5 Å². The summed E-state index contributed by atoms with van der Waals surface area (Å²) in [6, 6.07) is 13.3. The number of nitriles is 1. The van der Waals surface area contributed by atoms with Gasteiger partial charge in [0.25, 0.3) is 0 Å². The molecule has 0 spiro atoms. The number of furan rings is 1. The number of rotatable bonds is 5. The third kappa shape index (κ3) is 3.79. The topological polar surface area (TPSA) is 113 Å². The normalized spacial score (nSPS) is 11.3. The van der Waals surface area contributed by atoms with Gasteiger partial charge in [0, 0.05) is 18.9 Å². The van der Waals surface area contributed by atoms with Gasteiger partial charge in [0.1, 0.15) is 17.9 Å². The lowest BCUT2D eigenvalue weighted by Crippen LogP contribution is -2.39. The first-order valence-corrected chi connectivity index (χ1v) is 7.80. The van der Waals surface area contributed by atoms with Crippen molar-refractivity contribution >= 4 is 17.5 Å². The fourth-order valence-corrected chi connectivity index (χ4v) is 2.41. The van der Waals surface area contributed by atoms with E-state index in [4.69, 9.17) is 9.68 Å².